The molecule has 0 spiro atoms. The zero-order chi connectivity index (χ0) is 20.6. The summed E-state index contributed by atoms with van der Waals surface area (Å²) in [7, 11) is 3.00. The van der Waals surface area contributed by atoms with Crippen molar-refractivity contribution >= 4 is 5.65 Å². The minimum atomic E-state index is -4.59. The Balaban J connectivity index is 1.98. The molecule has 0 radical (unpaired) electrons. The van der Waals surface area contributed by atoms with Gasteiger partial charge in [0.05, 0.1) is 26.1 Å². The van der Waals surface area contributed by atoms with Gasteiger partial charge in [0.25, 0.3) is 0 Å². The molecule has 0 fully saturated rings. The van der Waals surface area contributed by atoms with E-state index in [4.69, 9.17) is 9.47 Å². The monoisotopic (exact) mass is 399 g/mol. The SMILES string of the molecule is COc1ccc(-c2cnn3c(C(F)(F)F)cc(-c4ccccc4)nc23)cc1OC. The van der Waals surface area contributed by atoms with Gasteiger partial charge in [0, 0.05) is 11.1 Å². The van der Waals surface area contributed by atoms with Crippen molar-refractivity contribution in [2.45, 2.75) is 6.18 Å². The van der Waals surface area contributed by atoms with E-state index in [9.17, 15) is 13.2 Å². The fraction of sp³-hybridized carbons (Fsp3) is 0.143. The first-order valence-electron chi connectivity index (χ1n) is 8.66. The molecule has 29 heavy (non-hydrogen) atoms. The molecule has 8 heteroatoms. The first-order valence-corrected chi connectivity index (χ1v) is 8.66. The van der Waals surface area contributed by atoms with Crippen LogP contribution in [0, 0.1) is 0 Å². The molecule has 0 N–H and O–H groups in total. The fourth-order valence-corrected chi connectivity index (χ4v) is 3.13. The third kappa shape index (κ3) is 3.37. The molecule has 0 amide bonds. The zero-order valence-corrected chi connectivity index (χ0v) is 15.6. The number of rotatable bonds is 4. The maximum Gasteiger partial charge on any atom is 0.433 e. The van der Waals surface area contributed by atoms with E-state index in [0.29, 0.717) is 28.2 Å². The molecule has 0 saturated carbocycles. The molecule has 0 aliphatic rings. The molecule has 2 aromatic heterocycles. The van der Waals surface area contributed by atoms with Crippen LogP contribution in [0.1, 0.15) is 5.69 Å². The van der Waals surface area contributed by atoms with E-state index < -0.39 is 11.9 Å². The first-order chi connectivity index (χ1) is 13.9. The molecule has 0 aliphatic heterocycles. The van der Waals surface area contributed by atoms with Gasteiger partial charge < -0.3 is 9.47 Å². The Bertz CT molecular complexity index is 1170. The largest absolute Gasteiger partial charge is 0.493 e. The second-order valence-corrected chi connectivity index (χ2v) is 6.25. The number of fused-ring (bicyclic) bond motifs is 1. The van der Waals surface area contributed by atoms with E-state index in [-0.39, 0.29) is 11.3 Å². The van der Waals surface area contributed by atoms with Crippen LogP contribution in [0.15, 0.2) is 60.8 Å². The lowest BCUT2D eigenvalue weighted by molar-refractivity contribution is -0.142. The van der Waals surface area contributed by atoms with Crippen LogP contribution < -0.4 is 9.47 Å². The Hall–Kier alpha value is -3.55. The number of halogens is 3. The summed E-state index contributed by atoms with van der Waals surface area (Å²) in [6, 6.07) is 14.8. The van der Waals surface area contributed by atoms with Gasteiger partial charge in [-0.1, -0.05) is 36.4 Å². The predicted octanol–water partition coefficient (Wildman–Crippen LogP) is 5.10. The average molecular weight is 399 g/mol. The first kappa shape index (κ1) is 18.8. The molecule has 5 nitrogen and oxygen atoms in total. The maximum absolute atomic E-state index is 13.7. The molecule has 0 atom stereocenters. The number of ether oxygens (including phenoxy) is 2. The normalized spacial score (nSPS) is 11.6. The lowest BCUT2D eigenvalue weighted by atomic mass is 10.1. The molecule has 0 bridgehead atoms. The lowest BCUT2D eigenvalue weighted by Gasteiger charge is -2.12. The van der Waals surface area contributed by atoms with E-state index in [1.807, 2.05) is 0 Å². The molecule has 2 aromatic carbocycles. The van der Waals surface area contributed by atoms with Crippen LogP contribution in [0.5, 0.6) is 11.5 Å². The third-order valence-electron chi connectivity index (χ3n) is 4.53. The summed E-state index contributed by atoms with van der Waals surface area (Å²) in [5.74, 6) is 0.973. The summed E-state index contributed by atoms with van der Waals surface area (Å²) in [4.78, 5) is 4.48. The van der Waals surface area contributed by atoms with E-state index in [1.54, 1.807) is 48.5 Å². The van der Waals surface area contributed by atoms with Gasteiger partial charge >= 0.3 is 6.18 Å². The van der Waals surface area contributed by atoms with Crippen molar-refractivity contribution in [1.82, 2.24) is 14.6 Å². The second kappa shape index (κ2) is 7.12. The molecule has 0 saturated heterocycles. The van der Waals surface area contributed by atoms with Crippen molar-refractivity contribution in [2.75, 3.05) is 14.2 Å². The van der Waals surface area contributed by atoms with Crippen molar-refractivity contribution in [3.63, 3.8) is 0 Å². The van der Waals surface area contributed by atoms with Crippen molar-refractivity contribution in [1.29, 1.82) is 0 Å². The van der Waals surface area contributed by atoms with Crippen LogP contribution in [-0.4, -0.2) is 28.8 Å². The Labute approximate surface area is 164 Å². The van der Waals surface area contributed by atoms with E-state index in [0.717, 1.165) is 10.6 Å². The fourth-order valence-electron chi connectivity index (χ4n) is 3.13. The van der Waals surface area contributed by atoms with E-state index in [2.05, 4.69) is 10.1 Å². The number of benzene rings is 2. The van der Waals surface area contributed by atoms with Crippen molar-refractivity contribution in [2.24, 2.45) is 0 Å². The summed E-state index contributed by atoms with van der Waals surface area (Å²) < 4.78 is 52.5. The van der Waals surface area contributed by atoms with Crippen LogP contribution in [0.3, 0.4) is 0 Å². The van der Waals surface area contributed by atoms with Crippen LogP contribution in [0.2, 0.25) is 0 Å². The van der Waals surface area contributed by atoms with Crippen LogP contribution in [0.4, 0.5) is 13.2 Å². The standard InChI is InChI=1S/C21H16F3N3O2/c1-28-17-9-8-14(10-18(17)29-2)15-12-25-27-19(21(22,23)24)11-16(26-20(15)27)13-6-4-3-5-7-13/h3-12H,1-2H3. The smallest absolute Gasteiger partial charge is 0.433 e. The van der Waals surface area contributed by atoms with Crippen molar-refractivity contribution < 1.29 is 22.6 Å². The van der Waals surface area contributed by atoms with Gasteiger partial charge in [-0.05, 0) is 23.8 Å². The highest BCUT2D eigenvalue weighted by Gasteiger charge is 2.35. The predicted molar refractivity (Wildman–Crippen MR) is 102 cm³/mol. The number of aromatic nitrogens is 3. The van der Waals surface area contributed by atoms with Gasteiger partial charge in [-0.15, -0.1) is 0 Å². The highest BCUT2D eigenvalue weighted by Crippen LogP contribution is 2.37. The minimum Gasteiger partial charge on any atom is -0.493 e. The van der Waals surface area contributed by atoms with Gasteiger partial charge in [-0.2, -0.15) is 18.3 Å². The van der Waals surface area contributed by atoms with E-state index >= 15 is 0 Å². The molecule has 4 aromatic rings. The number of hydrogen-bond donors (Lipinski definition) is 0. The quantitative estimate of drug-likeness (QED) is 0.479. The molecule has 4 rings (SSSR count). The van der Waals surface area contributed by atoms with Gasteiger partial charge in [-0.3, -0.25) is 0 Å². The average Bonchev–Trinajstić information content (AvgIpc) is 3.16. The van der Waals surface area contributed by atoms with Crippen LogP contribution >= 0.6 is 0 Å². The Morgan fingerprint density at radius 1 is 0.862 bits per heavy atom. The minimum absolute atomic E-state index is 0.103. The Kier molecular flexibility index (Phi) is 4.62. The third-order valence-corrected chi connectivity index (χ3v) is 4.53. The molecule has 2 heterocycles. The summed E-state index contributed by atoms with van der Waals surface area (Å²) in [5.41, 5.74) is 1.07. The van der Waals surface area contributed by atoms with Crippen molar-refractivity contribution in [3.05, 3.63) is 66.5 Å². The number of alkyl halides is 3. The maximum atomic E-state index is 13.7. The number of hydrogen-bond acceptors (Lipinski definition) is 4. The Morgan fingerprint density at radius 3 is 2.24 bits per heavy atom. The highest BCUT2D eigenvalue weighted by molar-refractivity contribution is 5.80. The summed E-state index contributed by atoms with van der Waals surface area (Å²) in [5, 5.41) is 3.96. The van der Waals surface area contributed by atoms with Gasteiger partial charge in [0.1, 0.15) is 0 Å². The lowest BCUT2D eigenvalue weighted by Crippen LogP contribution is -2.13. The van der Waals surface area contributed by atoms with Gasteiger partial charge in [0.2, 0.25) is 0 Å². The van der Waals surface area contributed by atoms with Crippen molar-refractivity contribution in [3.8, 4) is 33.9 Å². The van der Waals surface area contributed by atoms with E-state index in [1.165, 1.54) is 20.4 Å². The topological polar surface area (TPSA) is 48.7 Å². The van der Waals surface area contributed by atoms with Crippen LogP contribution in [0.25, 0.3) is 28.0 Å². The summed E-state index contributed by atoms with van der Waals surface area (Å²) in [6.45, 7) is 0. The summed E-state index contributed by atoms with van der Waals surface area (Å²) >= 11 is 0. The second-order valence-electron chi connectivity index (χ2n) is 6.25. The molecule has 0 unspecified atom stereocenters. The molecular weight excluding hydrogens is 383 g/mol. The number of methoxy groups -OCH3 is 2. The van der Waals surface area contributed by atoms with Gasteiger partial charge in [0.15, 0.2) is 22.8 Å². The van der Waals surface area contributed by atoms with Gasteiger partial charge in [-0.25, -0.2) is 9.50 Å². The highest BCUT2D eigenvalue weighted by atomic mass is 19.4. The number of nitrogens with zero attached hydrogens (tertiary/aromatic N) is 3. The molecular formula is C21H16F3N3O2. The van der Waals surface area contributed by atoms with Crippen LogP contribution in [-0.2, 0) is 6.18 Å². The molecule has 148 valence electrons. The molecule has 0 aliphatic carbocycles. The zero-order valence-electron chi connectivity index (χ0n) is 15.6. The Morgan fingerprint density at radius 2 is 1.59 bits per heavy atom. The summed E-state index contributed by atoms with van der Waals surface area (Å²) in [6.07, 6.45) is -3.22.